The zero-order valence-corrected chi connectivity index (χ0v) is 21.9. The molecule has 2 aliphatic carbocycles. The summed E-state index contributed by atoms with van der Waals surface area (Å²) in [5, 5.41) is 25.9. The van der Waals surface area contributed by atoms with Gasteiger partial charge in [0, 0.05) is 24.8 Å². The number of carbonyl (C=O) groups is 2. The molecule has 1 aromatic carbocycles. The molecular formula is C30H39NO5. The predicted octanol–water partition coefficient (Wildman–Crippen LogP) is 3.88. The van der Waals surface area contributed by atoms with Crippen molar-refractivity contribution in [3.05, 3.63) is 71.3 Å². The van der Waals surface area contributed by atoms with Gasteiger partial charge in [0.25, 0.3) is 0 Å². The molecule has 3 aliphatic rings. The molecule has 194 valence electrons. The van der Waals surface area contributed by atoms with Gasteiger partial charge in [-0.05, 0) is 63.2 Å². The van der Waals surface area contributed by atoms with E-state index in [0.717, 1.165) is 16.7 Å². The number of ether oxygens (including phenoxy) is 1. The molecule has 36 heavy (non-hydrogen) atoms. The Balaban J connectivity index is 1.94. The first-order valence-electron chi connectivity index (χ1n) is 12.9. The van der Waals surface area contributed by atoms with Crippen LogP contribution in [-0.4, -0.2) is 45.9 Å². The molecule has 3 N–H and O–H groups in total. The molecule has 6 nitrogen and oxygen atoms in total. The van der Waals surface area contributed by atoms with Crippen molar-refractivity contribution in [2.24, 2.45) is 23.2 Å². The molecule has 1 amide bonds. The van der Waals surface area contributed by atoms with Crippen molar-refractivity contribution in [1.82, 2.24) is 5.32 Å². The summed E-state index contributed by atoms with van der Waals surface area (Å²) in [6.45, 7) is 9.03. The van der Waals surface area contributed by atoms with Gasteiger partial charge in [0.15, 0.2) is 0 Å². The highest BCUT2D eigenvalue weighted by Crippen LogP contribution is 2.57. The number of hydrogen-bond donors (Lipinski definition) is 3. The fourth-order valence-corrected chi connectivity index (χ4v) is 6.76. The number of allylic oxidation sites excluding steroid dienone is 1. The summed E-state index contributed by atoms with van der Waals surface area (Å²) in [5.41, 5.74) is 0.485. The lowest BCUT2D eigenvalue weighted by Gasteiger charge is -2.49. The molecule has 1 heterocycles. The number of aliphatic hydroxyl groups is 2. The molecule has 6 heteroatoms. The summed E-state index contributed by atoms with van der Waals surface area (Å²) in [6.07, 6.45) is 7.26. The van der Waals surface area contributed by atoms with E-state index in [-0.39, 0.29) is 23.8 Å². The Morgan fingerprint density at radius 2 is 1.86 bits per heavy atom. The molecule has 0 aromatic heterocycles. The Bertz CT molecular complexity index is 1090. The summed E-state index contributed by atoms with van der Waals surface area (Å²) in [6, 6.07) is 9.76. The van der Waals surface area contributed by atoms with Crippen LogP contribution >= 0.6 is 0 Å². The van der Waals surface area contributed by atoms with Crippen molar-refractivity contribution in [2.75, 3.05) is 0 Å². The van der Waals surface area contributed by atoms with Crippen molar-refractivity contribution in [2.45, 2.75) is 77.7 Å². The molecular weight excluding hydrogens is 454 g/mol. The van der Waals surface area contributed by atoms with E-state index < -0.39 is 35.1 Å². The number of rotatable bonds is 3. The number of amides is 1. The van der Waals surface area contributed by atoms with Gasteiger partial charge in [-0.15, -0.1) is 0 Å². The fraction of sp³-hybridized carbons (Fsp3) is 0.533. The summed E-state index contributed by atoms with van der Waals surface area (Å²) >= 11 is 0. The highest BCUT2D eigenvalue weighted by molar-refractivity contribution is 5.89. The Hall–Kier alpha value is -2.70. The Kier molecular flexibility index (Phi) is 7.31. The number of nitrogens with one attached hydrogen (secondary N) is 1. The van der Waals surface area contributed by atoms with Crippen molar-refractivity contribution < 1.29 is 24.5 Å². The number of aliphatic hydroxyl groups excluding tert-OH is 1. The molecule has 8 unspecified atom stereocenters. The van der Waals surface area contributed by atoms with Gasteiger partial charge in [0.2, 0.25) is 5.91 Å². The van der Waals surface area contributed by atoms with Gasteiger partial charge in [0.05, 0.1) is 11.7 Å². The minimum atomic E-state index is -1.26. The second kappa shape index (κ2) is 9.98. The molecule has 1 aromatic rings. The first kappa shape index (κ1) is 26.4. The summed E-state index contributed by atoms with van der Waals surface area (Å²) < 4.78 is 5.89. The van der Waals surface area contributed by atoms with E-state index in [0.29, 0.717) is 19.3 Å². The van der Waals surface area contributed by atoms with Crippen molar-refractivity contribution in [3.8, 4) is 0 Å². The van der Waals surface area contributed by atoms with E-state index in [1.54, 1.807) is 19.1 Å². The summed E-state index contributed by atoms with van der Waals surface area (Å²) in [5.74, 6) is -1.49. The number of hydrogen-bond acceptors (Lipinski definition) is 5. The van der Waals surface area contributed by atoms with Crippen LogP contribution in [0.15, 0.2) is 65.8 Å². The van der Waals surface area contributed by atoms with Crippen molar-refractivity contribution >= 4 is 11.9 Å². The zero-order valence-electron chi connectivity index (χ0n) is 21.9. The molecule has 4 rings (SSSR count). The van der Waals surface area contributed by atoms with Crippen LogP contribution < -0.4 is 5.32 Å². The largest absolute Gasteiger partial charge is 0.457 e. The number of benzene rings is 1. The zero-order chi connectivity index (χ0) is 26.3. The third-order valence-electron chi connectivity index (χ3n) is 8.39. The standard InChI is InChI=1S/C30H39NO5/c1-18-10-9-13-23-27(33)20(3)19(2)26-24(16-22-11-7-6-8-12-22)31-28(34)30(23,26)25(36-21(4)32)14-15-29(5,35)17-18/h6-9,11-15,18,23-27,33,35H,10,16-17H2,1-5H3,(H,31,34). The quantitative estimate of drug-likeness (QED) is 0.439. The van der Waals surface area contributed by atoms with Crippen LogP contribution in [0.4, 0.5) is 0 Å². The second-order valence-electron chi connectivity index (χ2n) is 11.2. The Labute approximate surface area is 214 Å². The lowest BCUT2D eigenvalue weighted by molar-refractivity contribution is -0.161. The monoisotopic (exact) mass is 493 g/mol. The van der Waals surface area contributed by atoms with Crippen LogP contribution in [0.5, 0.6) is 0 Å². The molecule has 1 fully saturated rings. The third kappa shape index (κ3) is 4.69. The van der Waals surface area contributed by atoms with Crippen LogP contribution in [0.1, 0.15) is 53.0 Å². The molecule has 1 spiro atoms. The van der Waals surface area contributed by atoms with Gasteiger partial charge < -0.3 is 20.3 Å². The maximum absolute atomic E-state index is 14.2. The van der Waals surface area contributed by atoms with E-state index in [2.05, 4.69) is 12.2 Å². The van der Waals surface area contributed by atoms with Crippen LogP contribution in [0.25, 0.3) is 0 Å². The third-order valence-corrected chi connectivity index (χ3v) is 8.39. The van der Waals surface area contributed by atoms with Crippen molar-refractivity contribution in [3.63, 3.8) is 0 Å². The highest BCUT2D eigenvalue weighted by atomic mass is 16.5. The number of carbonyl (C=O) groups excluding carboxylic acids is 2. The van der Waals surface area contributed by atoms with Gasteiger partial charge in [0.1, 0.15) is 11.5 Å². The maximum atomic E-state index is 14.2. The first-order valence-corrected chi connectivity index (χ1v) is 12.9. The van der Waals surface area contributed by atoms with Crippen LogP contribution in [0, 0.1) is 23.2 Å². The Morgan fingerprint density at radius 3 is 2.53 bits per heavy atom. The van der Waals surface area contributed by atoms with Gasteiger partial charge in [-0.1, -0.05) is 61.1 Å². The number of esters is 1. The normalized spacial score (nSPS) is 38.6. The average molecular weight is 494 g/mol. The molecule has 0 bridgehead atoms. The van der Waals surface area contributed by atoms with Crippen LogP contribution in [0.2, 0.25) is 0 Å². The summed E-state index contributed by atoms with van der Waals surface area (Å²) in [4.78, 5) is 26.5. The highest BCUT2D eigenvalue weighted by Gasteiger charge is 2.67. The second-order valence-corrected chi connectivity index (χ2v) is 11.2. The lowest BCUT2D eigenvalue weighted by Crippen LogP contribution is -2.58. The van der Waals surface area contributed by atoms with Crippen molar-refractivity contribution in [1.29, 1.82) is 0 Å². The molecule has 8 atom stereocenters. The first-order chi connectivity index (χ1) is 17.0. The Morgan fingerprint density at radius 1 is 1.17 bits per heavy atom. The van der Waals surface area contributed by atoms with E-state index in [1.807, 2.05) is 56.3 Å². The van der Waals surface area contributed by atoms with Crippen LogP contribution in [-0.2, 0) is 20.7 Å². The molecule has 1 saturated heterocycles. The van der Waals surface area contributed by atoms with E-state index in [4.69, 9.17) is 4.74 Å². The molecule has 0 saturated carbocycles. The predicted molar refractivity (Wildman–Crippen MR) is 139 cm³/mol. The lowest BCUT2D eigenvalue weighted by atomic mass is 9.54. The summed E-state index contributed by atoms with van der Waals surface area (Å²) in [7, 11) is 0. The smallest absolute Gasteiger partial charge is 0.303 e. The van der Waals surface area contributed by atoms with Gasteiger partial charge in [-0.25, -0.2) is 0 Å². The van der Waals surface area contributed by atoms with Gasteiger partial charge >= 0.3 is 5.97 Å². The fourth-order valence-electron chi connectivity index (χ4n) is 6.76. The topological polar surface area (TPSA) is 95.9 Å². The van der Waals surface area contributed by atoms with E-state index in [1.165, 1.54) is 6.92 Å². The van der Waals surface area contributed by atoms with Gasteiger partial charge in [-0.2, -0.15) is 0 Å². The SMILES string of the molecule is CC(=O)OC1C=CC(C)(O)CC(C)CC=CC2C(O)C(C)=C(C)C3C(Cc4ccccc4)NC(=O)C123. The van der Waals surface area contributed by atoms with Gasteiger partial charge in [-0.3, -0.25) is 9.59 Å². The molecule has 1 aliphatic heterocycles. The maximum Gasteiger partial charge on any atom is 0.303 e. The van der Waals surface area contributed by atoms with Crippen LogP contribution in [0.3, 0.4) is 0 Å². The minimum Gasteiger partial charge on any atom is -0.457 e. The average Bonchev–Trinajstić information content (AvgIpc) is 3.08. The van der Waals surface area contributed by atoms with E-state index in [9.17, 15) is 19.8 Å². The van der Waals surface area contributed by atoms with E-state index >= 15 is 0 Å². The minimum absolute atomic E-state index is 0.181. The molecule has 0 radical (unpaired) electrons.